The molecule has 4 nitrogen and oxygen atoms in total. The molecule has 4 rings (SSSR count). The van der Waals surface area contributed by atoms with Crippen LogP contribution in [0.25, 0.3) is 0 Å². The third-order valence-electron chi connectivity index (χ3n) is 5.39. The molecule has 2 saturated carbocycles. The van der Waals surface area contributed by atoms with Gasteiger partial charge in [0.15, 0.2) is 0 Å². The van der Waals surface area contributed by atoms with E-state index in [4.69, 9.17) is 0 Å². The molecule has 3 aliphatic rings. The SMILES string of the molecule is O=C1CCCN1c1ccc(C(=O)N(C2CCCC2)C2CC2)cc1. The predicted octanol–water partition coefficient (Wildman–Crippen LogP) is 3.36. The van der Waals surface area contributed by atoms with Crippen LogP contribution in [0, 0.1) is 0 Å². The Morgan fingerprint density at radius 1 is 0.957 bits per heavy atom. The zero-order valence-electron chi connectivity index (χ0n) is 13.5. The summed E-state index contributed by atoms with van der Waals surface area (Å²) in [4.78, 5) is 28.8. The number of hydrogen-bond acceptors (Lipinski definition) is 2. The highest BCUT2D eigenvalue weighted by Crippen LogP contribution is 2.35. The van der Waals surface area contributed by atoms with Crippen LogP contribution in [-0.4, -0.2) is 35.3 Å². The summed E-state index contributed by atoms with van der Waals surface area (Å²) >= 11 is 0. The van der Waals surface area contributed by atoms with Gasteiger partial charge in [-0.15, -0.1) is 0 Å². The Kier molecular flexibility index (Phi) is 3.83. The maximum Gasteiger partial charge on any atom is 0.254 e. The molecule has 0 radical (unpaired) electrons. The fourth-order valence-corrected chi connectivity index (χ4v) is 4.02. The fourth-order valence-electron chi connectivity index (χ4n) is 4.02. The second-order valence-electron chi connectivity index (χ2n) is 7.08. The summed E-state index contributed by atoms with van der Waals surface area (Å²) in [7, 11) is 0. The van der Waals surface area contributed by atoms with Crippen molar-refractivity contribution in [1.82, 2.24) is 4.90 Å². The summed E-state index contributed by atoms with van der Waals surface area (Å²) in [5, 5.41) is 0. The molecule has 1 aromatic rings. The summed E-state index contributed by atoms with van der Waals surface area (Å²) in [5.74, 6) is 0.369. The zero-order valence-corrected chi connectivity index (χ0v) is 13.5. The fraction of sp³-hybridized carbons (Fsp3) is 0.579. The summed E-state index contributed by atoms with van der Waals surface area (Å²) < 4.78 is 0. The first-order valence-electron chi connectivity index (χ1n) is 8.97. The lowest BCUT2D eigenvalue weighted by atomic mass is 10.1. The monoisotopic (exact) mass is 312 g/mol. The first-order valence-corrected chi connectivity index (χ1v) is 8.97. The van der Waals surface area contributed by atoms with Crippen LogP contribution in [0.3, 0.4) is 0 Å². The van der Waals surface area contributed by atoms with Crippen LogP contribution >= 0.6 is 0 Å². The molecule has 0 aromatic heterocycles. The Morgan fingerprint density at radius 2 is 1.61 bits per heavy atom. The zero-order chi connectivity index (χ0) is 15.8. The second-order valence-corrected chi connectivity index (χ2v) is 7.08. The number of rotatable bonds is 4. The Labute approximate surface area is 137 Å². The third-order valence-corrected chi connectivity index (χ3v) is 5.39. The molecule has 2 aliphatic carbocycles. The lowest BCUT2D eigenvalue weighted by Gasteiger charge is -2.29. The highest BCUT2D eigenvalue weighted by molar-refractivity contribution is 5.97. The van der Waals surface area contributed by atoms with Gasteiger partial charge in [0.05, 0.1) is 0 Å². The molecule has 1 heterocycles. The van der Waals surface area contributed by atoms with Gasteiger partial charge in [-0.05, 0) is 56.4 Å². The number of benzene rings is 1. The minimum absolute atomic E-state index is 0.179. The minimum Gasteiger partial charge on any atom is -0.333 e. The van der Waals surface area contributed by atoms with Gasteiger partial charge >= 0.3 is 0 Å². The first-order chi connectivity index (χ1) is 11.2. The number of carbonyl (C=O) groups is 2. The third kappa shape index (κ3) is 2.87. The topological polar surface area (TPSA) is 40.6 Å². The van der Waals surface area contributed by atoms with E-state index in [0.29, 0.717) is 18.5 Å². The molecule has 0 N–H and O–H groups in total. The van der Waals surface area contributed by atoms with Gasteiger partial charge in [-0.25, -0.2) is 0 Å². The smallest absolute Gasteiger partial charge is 0.254 e. The van der Waals surface area contributed by atoms with E-state index in [1.54, 1.807) is 0 Å². The maximum atomic E-state index is 13.0. The van der Waals surface area contributed by atoms with E-state index in [2.05, 4.69) is 4.90 Å². The van der Waals surface area contributed by atoms with Crippen molar-refractivity contribution in [3.8, 4) is 0 Å². The van der Waals surface area contributed by atoms with Crippen LogP contribution in [0.5, 0.6) is 0 Å². The number of nitrogens with zero attached hydrogens (tertiary/aromatic N) is 2. The lowest BCUT2D eigenvalue weighted by molar-refractivity contribution is -0.117. The first kappa shape index (κ1) is 14.7. The van der Waals surface area contributed by atoms with E-state index >= 15 is 0 Å². The molecule has 1 aromatic carbocycles. The highest BCUT2D eigenvalue weighted by Gasteiger charge is 2.38. The van der Waals surface area contributed by atoms with Crippen LogP contribution in [0.1, 0.15) is 61.7 Å². The Hall–Kier alpha value is -1.84. The quantitative estimate of drug-likeness (QED) is 0.855. The van der Waals surface area contributed by atoms with E-state index in [9.17, 15) is 9.59 Å². The van der Waals surface area contributed by atoms with Crippen LogP contribution in [0.15, 0.2) is 24.3 Å². The van der Waals surface area contributed by atoms with Gasteiger partial charge in [0.2, 0.25) is 5.91 Å². The van der Waals surface area contributed by atoms with Gasteiger partial charge < -0.3 is 9.80 Å². The van der Waals surface area contributed by atoms with Gasteiger partial charge in [-0.1, -0.05) is 12.8 Å². The standard InChI is InChI=1S/C19H24N2O2/c22-18-6-3-13-20(18)15-9-7-14(8-10-15)19(23)21(17-11-12-17)16-4-1-2-5-16/h7-10,16-17H,1-6,11-13H2. The van der Waals surface area contributed by atoms with Crippen LogP contribution < -0.4 is 4.90 Å². The largest absolute Gasteiger partial charge is 0.333 e. The van der Waals surface area contributed by atoms with Gasteiger partial charge in [0.25, 0.3) is 5.91 Å². The molecule has 0 bridgehead atoms. The van der Waals surface area contributed by atoms with Gasteiger partial charge in [0, 0.05) is 36.3 Å². The molecule has 0 spiro atoms. The van der Waals surface area contributed by atoms with Crippen molar-refractivity contribution in [2.45, 2.75) is 63.5 Å². The Morgan fingerprint density at radius 3 is 2.17 bits per heavy atom. The molecule has 4 heteroatoms. The minimum atomic E-state index is 0.179. The Balaban J connectivity index is 1.52. The summed E-state index contributed by atoms with van der Waals surface area (Å²) in [6.45, 7) is 0.794. The van der Waals surface area contributed by atoms with E-state index in [-0.39, 0.29) is 11.8 Å². The van der Waals surface area contributed by atoms with Crippen LogP contribution in [0.4, 0.5) is 5.69 Å². The molecule has 23 heavy (non-hydrogen) atoms. The van der Waals surface area contributed by atoms with Gasteiger partial charge in [-0.3, -0.25) is 9.59 Å². The molecule has 2 amide bonds. The average Bonchev–Trinajstić information content (AvgIpc) is 3.07. The molecule has 0 atom stereocenters. The molecular weight excluding hydrogens is 288 g/mol. The summed E-state index contributed by atoms with van der Waals surface area (Å²) in [5.41, 5.74) is 1.68. The number of anilines is 1. The maximum absolute atomic E-state index is 13.0. The molecule has 0 unspecified atom stereocenters. The van der Waals surface area contributed by atoms with E-state index < -0.39 is 0 Å². The normalized spacial score (nSPS) is 21.9. The van der Waals surface area contributed by atoms with Crippen molar-refractivity contribution in [3.63, 3.8) is 0 Å². The Bertz CT molecular complexity index is 600. The second kappa shape index (κ2) is 5.99. The average molecular weight is 312 g/mol. The molecule has 3 fully saturated rings. The van der Waals surface area contributed by atoms with E-state index in [1.807, 2.05) is 29.2 Å². The van der Waals surface area contributed by atoms with Crippen molar-refractivity contribution < 1.29 is 9.59 Å². The number of carbonyl (C=O) groups excluding carboxylic acids is 2. The number of amides is 2. The van der Waals surface area contributed by atoms with Crippen LogP contribution in [0.2, 0.25) is 0 Å². The lowest BCUT2D eigenvalue weighted by Crippen LogP contribution is -2.40. The molecule has 122 valence electrons. The molecular formula is C19H24N2O2. The van der Waals surface area contributed by atoms with Gasteiger partial charge in [0.1, 0.15) is 0 Å². The van der Waals surface area contributed by atoms with Crippen molar-refractivity contribution >= 4 is 17.5 Å². The predicted molar refractivity (Wildman–Crippen MR) is 89.5 cm³/mol. The van der Waals surface area contributed by atoms with E-state index in [0.717, 1.165) is 49.9 Å². The highest BCUT2D eigenvalue weighted by atomic mass is 16.2. The van der Waals surface area contributed by atoms with Crippen molar-refractivity contribution in [1.29, 1.82) is 0 Å². The van der Waals surface area contributed by atoms with Crippen molar-refractivity contribution in [2.24, 2.45) is 0 Å². The molecule has 1 saturated heterocycles. The number of hydrogen-bond donors (Lipinski definition) is 0. The van der Waals surface area contributed by atoms with Crippen molar-refractivity contribution in [3.05, 3.63) is 29.8 Å². The van der Waals surface area contributed by atoms with Gasteiger partial charge in [-0.2, -0.15) is 0 Å². The van der Waals surface area contributed by atoms with E-state index in [1.165, 1.54) is 12.8 Å². The van der Waals surface area contributed by atoms with Crippen molar-refractivity contribution in [2.75, 3.05) is 11.4 Å². The molecule has 1 aliphatic heterocycles. The summed E-state index contributed by atoms with van der Waals surface area (Å²) in [6, 6.07) is 8.55. The summed E-state index contributed by atoms with van der Waals surface area (Å²) in [6.07, 6.45) is 8.68. The van der Waals surface area contributed by atoms with Crippen LogP contribution in [-0.2, 0) is 4.79 Å².